The van der Waals surface area contributed by atoms with Crippen LogP contribution in [0.2, 0.25) is 0 Å². The van der Waals surface area contributed by atoms with Gasteiger partial charge >= 0.3 is 0 Å². The van der Waals surface area contributed by atoms with Crippen LogP contribution in [0, 0.1) is 12.8 Å². The van der Waals surface area contributed by atoms with Crippen LogP contribution in [0.4, 0.5) is 0 Å². The van der Waals surface area contributed by atoms with Crippen molar-refractivity contribution in [2.45, 2.75) is 39.7 Å². The van der Waals surface area contributed by atoms with E-state index in [9.17, 15) is 0 Å². The second-order valence-electron chi connectivity index (χ2n) is 6.13. The fourth-order valence-corrected chi connectivity index (χ4v) is 2.61. The minimum Gasteiger partial charge on any atom is -0.489 e. The molecule has 1 heterocycles. The van der Waals surface area contributed by atoms with Crippen molar-refractivity contribution in [3.8, 4) is 5.75 Å². The molecule has 2 rings (SSSR count). The minimum atomic E-state index is 0. The Labute approximate surface area is 151 Å². The first-order valence-corrected chi connectivity index (χ1v) is 7.83. The molecular formula is C17H28IN3O. The van der Waals surface area contributed by atoms with Gasteiger partial charge in [0, 0.05) is 13.1 Å². The number of rotatable bonds is 4. The van der Waals surface area contributed by atoms with Crippen molar-refractivity contribution in [3.63, 3.8) is 0 Å². The first kappa shape index (κ1) is 19.1. The maximum atomic E-state index is 6.09. The number of hydrogen-bond acceptors (Lipinski definition) is 2. The topological polar surface area (TPSA) is 50.9 Å². The summed E-state index contributed by atoms with van der Waals surface area (Å²) in [5, 5.41) is 0. The predicted octanol–water partition coefficient (Wildman–Crippen LogP) is 3.43. The Morgan fingerprint density at radius 1 is 1.41 bits per heavy atom. The molecule has 0 aliphatic carbocycles. The fraction of sp³-hybridized carbons (Fsp3) is 0.588. The third-order valence-electron chi connectivity index (χ3n) is 3.85. The Hall–Kier alpha value is -0.980. The summed E-state index contributed by atoms with van der Waals surface area (Å²) >= 11 is 0. The number of guanidine groups is 1. The van der Waals surface area contributed by atoms with Gasteiger partial charge in [-0.25, -0.2) is 4.99 Å². The largest absolute Gasteiger partial charge is 0.489 e. The van der Waals surface area contributed by atoms with E-state index in [1.807, 2.05) is 19.1 Å². The molecule has 124 valence electrons. The molecule has 1 fully saturated rings. The molecule has 2 N–H and O–H groups in total. The molecule has 22 heavy (non-hydrogen) atoms. The number of aliphatic imine (C=N–C) groups is 1. The van der Waals surface area contributed by atoms with E-state index in [1.165, 1.54) is 18.4 Å². The average molecular weight is 417 g/mol. The third kappa shape index (κ3) is 6.02. The second-order valence-corrected chi connectivity index (χ2v) is 6.13. The first-order valence-electron chi connectivity index (χ1n) is 7.83. The molecular weight excluding hydrogens is 389 g/mol. The van der Waals surface area contributed by atoms with Gasteiger partial charge in [0.1, 0.15) is 11.9 Å². The summed E-state index contributed by atoms with van der Waals surface area (Å²) in [7, 11) is 0. The summed E-state index contributed by atoms with van der Waals surface area (Å²) in [5.74, 6) is 2.24. The molecule has 1 aliphatic heterocycles. The molecule has 0 bridgehead atoms. The summed E-state index contributed by atoms with van der Waals surface area (Å²) in [6.07, 6.45) is 2.51. The lowest BCUT2D eigenvalue weighted by molar-refractivity contribution is 0.228. The highest BCUT2D eigenvalue weighted by Crippen LogP contribution is 2.15. The Morgan fingerprint density at radius 2 is 2.09 bits per heavy atom. The summed E-state index contributed by atoms with van der Waals surface area (Å²) < 4.78 is 5.85. The molecule has 2 atom stereocenters. The number of nitrogens with two attached hydrogens (primary N) is 1. The van der Waals surface area contributed by atoms with Crippen molar-refractivity contribution in [2.24, 2.45) is 16.6 Å². The van der Waals surface area contributed by atoms with Gasteiger partial charge in [-0.1, -0.05) is 24.6 Å². The van der Waals surface area contributed by atoms with Crippen LogP contribution in [0.3, 0.4) is 0 Å². The SMILES string of the molecule is Cc1ccc(OC(C)CN=C(N)N2CCCC(C)C2)cc1.I. The molecule has 1 aromatic carbocycles. The summed E-state index contributed by atoms with van der Waals surface area (Å²) in [6, 6.07) is 8.08. The molecule has 0 saturated carbocycles. The quantitative estimate of drug-likeness (QED) is 0.464. The number of hydrogen-bond donors (Lipinski definition) is 1. The van der Waals surface area contributed by atoms with Crippen LogP contribution < -0.4 is 10.5 Å². The van der Waals surface area contributed by atoms with E-state index in [-0.39, 0.29) is 30.1 Å². The van der Waals surface area contributed by atoms with Crippen molar-refractivity contribution in [1.82, 2.24) is 4.90 Å². The van der Waals surface area contributed by atoms with E-state index < -0.39 is 0 Å². The molecule has 0 aromatic heterocycles. The zero-order chi connectivity index (χ0) is 15.2. The summed E-state index contributed by atoms with van der Waals surface area (Å²) in [5.41, 5.74) is 7.33. The van der Waals surface area contributed by atoms with Gasteiger partial charge in [-0.3, -0.25) is 0 Å². The van der Waals surface area contributed by atoms with Crippen molar-refractivity contribution in [1.29, 1.82) is 0 Å². The highest BCUT2D eigenvalue weighted by molar-refractivity contribution is 14.0. The monoisotopic (exact) mass is 417 g/mol. The standard InChI is InChI=1S/C17H27N3O.HI/c1-13-6-8-16(9-7-13)21-15(3)11-19-17(18)20-10-4-5-14(2)12-20;/h6-9,14-15H,4-5,10-12H2,1-3H3,(H2,18,19);1H. The van der Waals surface area contributed by atoms with Crippen LogP contribution >= 0.6 is 24.0 Å². The van der Waals surface area contributed by atoms with Gasteiger partial charge in [0.05, 0.1) is 6.54 Å². The van der Waals surface area contributed by atoms with Crippen LogP contribution in [-0.2, 0) is 0 Å². The number of halogens is 1. The highest BCUT2D eigenvalue weighted by atomic mass is 127. The molecule has 2 unspecified atom stereocenters. The maximum Gasteiger partial charge on any atom is 0.191 e. The molecule has 1 aromatic rings. The van der Waals surface area contributed by atoms with E-state index in [4.69, 9.17) is 10.5 Å². The molecule has 0 amide bonds. The Morgan fingerprint density at radius 3 is 2.73 bits per heavy atom. The first-order chi connectivity index (χ1) is 10.0. The van der Waals surface area contributed by atoms with Crippen LogP contribution in [0.1, 0.15) is 32.3 Å². The maximum absolute atomic E-state index is 6.09. The van der Waals surface area contributed by atoms with Gasteiger partial charge in [-0.2, -0.15) is 0 Å². The van der Waals surface area contributed by atoms with E-state index in [1.54, 1.807) is 0 Å². The molecule has 4 nitrogen and oxygen atoms in total. The van der Waals surface area contributed by atoms with Gasteiger partial charge in [0.2, 0.25) is 0 Å². The summed E-state index contributed by atoms with van der Waals surface area (Å²) in [4.78, 5) is 6.68. The van der Waals surface area contributed by atoms with Crippen LogP contribution in [-0.4, -0.2) is 36.6 Å². The Bertz CT molecular complexity index is 475. The lowest BCUT2D eigenvalue weighted by Crippen LogP contribution is -2.43. The molecule has 1 saturated heterocycles. The van der Waals surface area contributed by atoms with E-state index >= 15 is 0 Å². The smallest absolute Gasteiger partial charge is 0.191 e. The normalized spacial score (nSPS) is 20.2. The fourth-order valence-electron chi connectivity index (χ4n) is 2.61. The van der Waals surface area contributed by atoms with E-state index in [0.717, 1.165) is 18.8 Å². The van der Waals surface area contributed by atoms with E-state index in [0.29, 0.717) is 18.4 Å². The van der Waals surface area contributed by atoms with Gasteiger partial charge in [0.15, 0.2) is 5.96 Å². The predicted molar refractivity (Wildman–Crippen MR) is 103 cm³/mol. The molecule has 0 spiro atoms. The lowest BCUT2D eigenvalue weighted by atomic mass is 10.0. The van der Waals surface area contributed by atoms with Crippen molar-refractivity contribution in [3.05, 3.63) is 29.8 Å². The van der Waals surface area contributed by atoms with Crippen molar-refractivity contribution >= 4 is 29.9 Å². The number of aryl methyl sites for hydroxylation is 1. The third-order valence-corrected chi connectivity index (χ3v) is 3.85. The van der Waals surface area contributed by atoms with Crippen LogP contribution in [0.5, 0.6) is 5.75 Å². The number of benzene rings is 1. The van der Waals surface area contributed by atoms with Crippen LogP contribution in [0.25, 0.3) is 0 Å². The molecule has 1 aliphatic rings. The zero-order valence-electron chi connectivity index (χ0n) is 13.8. The molecule has 5 heteroatoms. The van der Waals surface area contributed by atoms with Crippen molar-refractivity contribution in [2.75, 3.05) is 19.6 Å². The van der Waals surface area contributed by atoms with Gasteiger partial charge in [-0.05, 0) is 44.7 Å². The average Bonchev–Trinajstić information content (AvgIpc) is 2.47. The zero-order valence-corrected chi connectivity index (χ0v) is 16.1. The number of ether oxygens (including phenoxy) is 1. The highest BCUT2D eigenvalue weighted by Gasteiger charge is 2.17. The van der Waals surface area contributed by atoms with Gasteiger partial charge in [0.25, 0.3) is 0 Å². The minimum absolute atomic E-state index is 0. The van der Waals surface area contributed by atoms with Crippen molar-refractivity contribution < 1.29 is 4.74 Å². The second kappa shape index (κ2) is 9.22. The Balaban J connectivity index is 0.00000242. The number of likely N-dealkylation sites (tertiary alicyclic amines) is 1. The number of piperidine rings is 1. The van der Waals surface area contributed by atoms with E-state index in [2.05, 4.69) is 35.9 Å². The van der Waals surface area contributed by atoms with Gasteiger partial charge < -0.3 is 15.4 Å². The Kier molecular flexibility index (Phi) is 8.00. The van der Waals surface area contributed by atoms with Gasteiger partial charge in [-0.15, -0.1) is 24.0 Å². The summed E-state index contributed by atoms with van der Waals surface area (Å²) in [6.45, 7) is 8.98. The molecule has 0 radical (unpaired) electrons. The van der Waals surface area contributed by atoms with Crippen LogP contribution in [0.15, 0.2) is 29.3 Å². The lowest BCUT2D eigenvalue weighted by Gasteiger charge is -2.31. The number of nitrogens with zero attached hydrogens (tertiary/aromatic N) is 2.